The van der Waals surface area contributed by atoms with E-state index in [-0.39, 0.29) is 0 Å². The molecule has 0 aromatic carbocycles. The van der Waals surface area contributed by atoms with E-state index < -0.39 is 0 Å². The summed E-state index contributed by atoms with van der Waals surface area (Å²) in [5, 5.41) is 13.5. The molecule has 0 aliphatic heterocycles. The summed E-state index contributed by atoms with van der Waals surface area (Å²) in [6, 6.07) is 0. The van der Waals surface area contributed by atoms with Gasteiger partial charge in [0.1, 0.15) is 10.0 Å². The van der Waals surface area contributed by atoms with E-state index in [1.807, 2.05) is 0 Å². The second-order valence-corrected chi connectivity index (χ2v) is 5.88. The van der Waals surface area contributed by atoms with Gasteiger partial charge in [0.2, 0.25) is 0 Å². The SMILES string of the molecule is CC(C)CNC(N)=NCc1nnc(C2CC2)s1. The lowest BCUT2D eigenvalue weighted by atomic mass is 10.2. The highest BCUT2D eigenvalue weighted by Gasteiger charge is 2.27. The van der Waals surface area contributed by atoms with Crippen LogP contribution in [0.5, 0.6) is 0 Å². The lowest BCUT2D eigenvalue weighted by Gasteiger charge is -2.06. The minimum atomic E-state index is 0.488. The van der Waals surface area contributed by atoms with Crippen LogP contribution in [0, 0.1) is 5.92 Å². The summed E-state index contributed by atoms with van der Waals surface area (Å²) in [7, 11) is 0. The Morgan fingerprint density at radius 3 is 2.94 bits per heavy atom. The summed E-state index contributed by atoms with van der Waals surface area (Å²) in [5.74, 6) is 1.72. The second-order valence-electron chi connectivity index (χ2n) is 4.78. The quantitative estimate of drug-likeness (QED) is 0.615. The Bertz CT molecular complexity index is 394. The van der Waals surface area contributed by atoms with Crippen molar-refractivity contribution in [3.8, 4) is 0 Å². The van der Waals surface area contributed by atoms with Crippen LogP contribution in [0.4, 0.5) is 0 Å². The fourth-order valence-corrected chi connectivity index (χ4v) is 2.28. The highest BCUT2D eigenvalue weighted by Crippen LogP contribution is 2.41. The minimum Gasteiger partial charge on any atom is -0.370 e. The highest BCUT2D eigenvalue weighted by atomic mass is 32.1. The number of rotatable bonds is 5. The summed E-state index contributed by atoms with van der Waals surface area (Å²) < 4.78 is 0. The zero-order valence-electron chi connectivity index (χ0n) is 10.3. The number of aromatic nitrogens is 2. The van der Waals surface area contributed by atoms with Crippen molar-refractivity contribution in [1.29, 1.82) is 0 Å². The molecule has 0 radical (unpaired) electrons. The summed E-state index contributed by atoms with van der Waals surface area (Å²) in [6.45, 7) is 5.64. The van der Waals surface area contributed by atoms with Gasteiger partial charge in [0.15, 0.2) is 5.96 Å². The molecule has 3 N–H and O–H groups in total. The van der Waals surface area contributed by atoms with Crippen molar-refractivity contribution in [3.05, 3.63) is 10.0 Å². The van der Waals surface area contributed by atoms with Gasteiger partial charge in [0.25, 0.3) is 0 Å². The van der Waals surface area contributed by atoms with E-state index in [1.165, 1.54) is 12.8 Å². The van der Waals surface area contributed by atoms with Gasteiger partial charge in [0, 0.05) is 12.5 Å². The first kappa shape index (κ1) is 12.3. The predicted molar refractivity (Wildman–Crippen MR) is 70.1 cm³/mol. The molecular weight excluding hydrogens is 234 g/mol. The van der Waals surface area contributed by atoms with Crippen LogP contribution in [0.15, 0.2) is 4.99 Å². The van der Waals surface area contributed by atoms with Gasteiger partial charge in [-0.2, -0.15) is 0 Å². The lowest BCUT2D eigenvalue weighted by Crippen LogP contribution is -2.34. The molecule has 1 fully saturated rings. The van der Waals surface area contributed by atoms with E-state index in [0.717, 1.165) is 16.6 Å². The van der Waals surface area contributed by atoms with E-state index in [2.05, 4.69) is 34.4 Å². The Hall–Kier alpha value is -1.17. The largest absolute Gasteiger partial charge is 0.370 e. The fraction of sp³-hybridized carbons (Fsp3) is 0.727. The minimum absolute atomic E-state index is 0.488. The topological polar surface area (TPSA) is 76.2 Å². The molecule has 0 saturated heterocycles. The molecule has 1 aromatic rings. The van der Waals surface area contributed by atoms with Gasteiger partial charge in [-0.1, -0.05) is 25.2 Å². The molecule has 1 aliphatic rings. The van der Waals surface area contributed by atoms with E-state index in [1.54, 1.807) is 11.3 Å². The Kier molecular flexibility index (Phi) is 3.93. The van der Waals surface area contributed by atoms with Crippen LogP contribution >= 0.6 is 11.3 Å². The van der Waals surface area contributed by atoms with Crippen molar-refractivity contribution >= 4 is 17.3 Å². The molecule has 1 saturated carbocycles. The second kappa shape index (κ2) is 5.44. The van der Waals surface area contributed by atoms with Crippen molar-refractivity contribution < 1.29 is 0 Å². The smallest absolute Gasteiger partial charge is 0.189 e. The normalized spacial score (nSPS) is 16.5. The van der Waals surface area contributed by atoms with E-state index in [9.17, 15) is 0 Å². The standard InChI is InChI=1S/C11H19N5S/c1-7(2)5-13-11(12)14-6-9-15-16-10(17-9)8-3-4-8/h7-8H,3-6H2,1-2H3,(H3,12,13,14). The maximum atomic E-state index is 5.74. The summed E-state index contributed by atoms with van der Waals surface area (Å²) in [4.78, 5) is 4.25. The number of guanidine groups is 1. The maximum Gasteiger partial charge on any atom is 0.189 e. The molecule has 0 spiro atoms. The van der Waals surface area contributed by atoms with Crippen molar-refractivity contribution in [2.75, 3.05) is 6.54 Å². The number of hydrogen-bond donors (Lipinski definition) is 2. The summed E-state index contributed by atoms with van der Waals surface area (Å²) in [6.07, 6.45) is 2.52. The van der Waals surface area contributed by atoms with Crippen molar-refractivity contribution in [1.82, 2.24) is 15.5 Å². The Morgan fingerprint density at radius 1 is 1.53 bits per heavy atom. The maximum absolute atomic E-state index is 5.74. The number of hydrogen-bond acceptors (Lipinski definition) is 4. The number of nitrogens with two attached hydrogens (primary N) is 1. The third kappa shape index (κ3) is 3.96. The van der Waals surface area contributed by atoms with Crippen molar-refractivity contribution in [2.45, 2.75) is 39.2 Å². The van der Waals surface area contributed by atoms with Gasteiger partial charge in [0.05, 0.1) is 6.54 Å². The number of nitrogens with zero attached hydrogens (tertiary/aromatic N) is 3. The molecule has 5 nitrogen and oxygen atoms in total. The van der Waals surface area contributed by atoms with Gasteiger partial charge >= 0.3 is 0 Å². The van der Waals surface area contributed by atoms with Crippen LogP contribution in [0.25, 0.3) is 0 Å². The molecule has 1 aliphatic carbocycles. The molecule has 0 atom stereocenters. The molecule has 0 bridgehead atoms. The Morgan fingerprint density at radius 2 is 2.29 bits per heavy atom. The van der Waals surface area contributed by atoms with E-state index in [4.69, 9.17) is 5.73 Å². The Balaban J connectivity index is 1.80. The molecule has 17 heavy (non-hydrogen) atoms. The number of aliphatic imine (C=N–C) groups is 1. The van der Waals surface area contributed by atoms with Gasteiger partial charge in [-0.3, -0.25) is 0 Å². The number of nitrogens with one attached hydrogen (secondary N) is 1. The van der Waals surface area contributed by atoms with Crippen LogP contribution in [-0.4, -0.2) is 22.7 Å². The lowest BCUT2D eigenvalue weighted by molar-refractivity contribution is 0.621. The molecule has 94 valence electrons. The molecule has 1 heterocycles. The van der Waals surface area contributed by atoms with Crippen molar-refractivity contribution in [2.24, 2.45) is 16.6 Å². The average molecular weight is 253 g/mol. The molecule has 0 unspecified atom stereocenters. The molecule has 1 aromatic heterocycles. The molecular formula is C11H19N5S. The first-order chi connectivity index (χ1) is 8.15. The van der Waals surface area contributed by atoms with Crippen LogP contribution in [0.2, 0.25) is 0 Å². The first-order valence-corrected chi connectivity index (χ1v) is 6.83. The third-order valence-electron chi connectivity index (χ3n) is 2.49. The van der Waals surface area contributed by atoms with Crippen LogP contribution in [0.3, 0.4) is 0 Å². The molecule has 6 heteroatoms. The van der Waals surface area contributed by atoms with E-state index in [0.29, 0.717) is 24.3 Å². The van der Waals surface area contributed by atoms with Gasteiger partial charge < -0.3 is 11.1 Å². The van der Waals surface area contributed by atoms with Gasteiger partial charge in [-0.15, -0.1) is 10.2 Å². The monoisotopic (exact) mass is 253 g/mol. The van der Waals surface area contributed by atoms with E-state index >= 15 is 0 Å². The molecule has 0 amide bonds. The first-order valence-electron chi connectivity index (χ1n) is 6.01. The van der Waals surface area contributed by atoms with Crippen LogP contribution < -0.4 is 11.1 Å². The van der Waals surface area contributed by atoms with Gasteiger partial charge in [-0.25, -0.2) is 4.99 Å². The zero-order valence-corrected chi connectivity index (χ0v) is 11.1. The third-order valence-corrected chi connectivity index (χ3v) is 3.56. The van der Waals surface area contributed by atoms with Crippen LogP contribution in [0.1, 0.15) is 42.6 Å². The predicted octanol–water partition coefficient (Wildman–Crippen LogP) is 1.48. The van der Waals surface area contributed by atoms with Gasteiger partial charge in [-0.05, 0) is 18.8 Å². The summed E-state index contributed by atoms with van der Waals surface area (Å²) in [5.41, 5.74) is 5.74. The van der Waals surface area contributed by atoms with Crippen molar-refractivity contribution in [3.63, 3.8) is 0 Å². The zero-order chi connectivity index (χ0) is 12.3. The summed E-state index contributed by atoms with van der Waals surface area (Å²) >= 11 is 1.66. The fourth-order valence-electron chi connectivity index (χ4n) is 1.34. The molecule has 2 rings (SSSR count). The van der Waals surface area contributed by atoms with Crippen LogP contribution in [-0.2, 0) is 6.54 Å². The Labute approximate surface area is 106 Å². The highest BCUT2D eigenvalue weighted by molar-refractivity contribution is 7.11. The average Bonchev–Trinajstić information content (AvgIpc) is 3.04.